The Morgan fingerprint density at radius 2 is 2.18 bits per heavy atom. The number of benzene rings is 1. The summed E-state index contributed by atoms with van der Waals surface area (Å²) in [5.74, 6) is 0. The maximum Gasteiger partial charge on any atom is 0.183 e. The summed E-state index contributed by atoms with van der Waals surface area (Å²) < 4.78 is 13.4. The van der Waals surface area contributed by atoms with E-state index in [4.69, 9.17) is 0 Å². The molecule has 3 nitrogen and oxygen atoms in total. The fourth-order valence-electron chi connectivity index (χ4n) is 1.01. The molecule has 0 N–H and O–H groups in total. The molecule has 0 aliphatic heterocycles. The molecule has 0 unspecified atom stereocenters. The molecule has 1 heterocycles. The van der Waals surface area contributed by atoms with Gasteiger partial charge in [-0.25, -0.2) is 9.07 Å². The number of halogens is 1. The maximum atomic E-state index is 12.1. The van der Waals surface area contributed by atoms with Crippen LogP contribution in [0.4, 0.5) is 4.39 Å². The van der Waals surface area contributed by atoms with Crippen LogP contribution in [0.5, 0.6) is 0 Å². The zero-order valence-corrected chi connectivity index (χ0v) is 5.74. The monoisotopic (exact) mass is 151 g/mol. The predicted molar refractivity (Wildman–Crippen MR) is 38.6 cm³/mol. The molecule has 0 fully saturated rings. The van der Waals surface area contributed by atoms with E-state index in [2.05, 4.69) is 10.3 Å². The first-order valence-electron chi connectivity index (χ1n) is 3.26. The van der Waals surface area contributed by atoms with Crippen LogP contribution < -0.4 is 0 Å². The molecule has 56 valence electrons. The molecule has 11 heavy (non-hydrogen) atoms. The molecular formula is C7H6FN3. The van der Waals surface area contributed by atoms with E-state index in [1.165, 1.54) is 4.68 Å². The average molecular weight is 151 g/mol. The van der Waals surface area contributed by atoms with Gasteiger partial charge in [-0.3, -0.25) is 0 Å². The first kappa shape index (κ1) is 6.27. The van der Waals surface area contributed by atoms with Crippen LogP contribution in [0, 0.1) is 0 Å². The third-order valence-electron chi connectivity index (χ3n) is 1.53. The molecule has 0 bridgehead atoms. The number of rotatable bonds is 1. The Hall–Kier alpha value is -1.45. The summed E-state index contributed by atoms with van der Waals surface area (Å²) in [4.78, 5) is 0. The molecule has 4 heteroatoms. The van der Waals surface area contributed by atoms with Gasteiger partial charge in [0.05, 0.1) is 5.52 Å². The van der Waals surface area contributed by atoms with Crippen LogP contribution in [0.15, 0.2) is 24.3 Å². The molecule has 2 aromatic rings. The fraction of sp³-hybridized carbons (Fsp3) is 0.143. The summed E-state index contributed by atoms with van der Waals surface area (Å²) in [6, 6.07) is 7.26. The highest BCUT2D eigenvalue weighted by molar-refractivity contribution is 5.73. The Bertz CT molecular complexity index is 368. The molecule has 0 aliphatic carbocycles. The summed E-state index contributed by atoms with van der Waals surface area (Å²) in [7, 11) is 0. The summed E-state index contributed by atoms with van der Waals surface area (Å²) in [6.45, 7) is -0.624. The molecule has 1 aromatic carbocycles. The average Bonchev–Trinajstić information content (AvgIpc) is 2.47. The predicted octanol–water partition coefficient (Wildman–Crippen LogP) is 1.36. The van der Waals surface area contributed by atoms with Crippen molar-refractivity contribution >= 4 is 11.0 Å². The van der Waals surface area contributed by atoms with Gasteiger partial charge < -0.3 is 0 Å². The number of hydrogen-bond donors (Lipinski definition) is 0. The molecule has 0 atom stereocenters. The zero-order valence-electron chi connectivity index (χ0n) is 5.74. The number of hydrogen-bond acceptors (Lipinski definition) is 2. The Labute approximate surface area is 62.4 Å². The lowest BCUT2D eigenvalue weighted by Crippen LogP contribution is -1.94. The van der Waals surface area contributed by atoms with Crippen molar-refractivity contribution in [3.05, 3.63) is 24.3 Å². The molecule has 2 rings (SSSR count). The topological polar surface area (TPSA) is 30.7 Å². The number of aromatic nitrogens is 3. The molecular weight excluding hydrogens is 145 g/mol. The van der Waals surface area contributed by atoms with Gasteiger partial charge in [-0.1, -0.05) is 17.3 Å². The quantitative estimate of drug-likeness (QED) is 0.616. The summed E-state index contributed by atoms with van der Waals surface area (Å²) in [5, 5.41) is 7.37. The van der Waals surface area contributed by atoms with Gasteiger partial charge in [0.25, 0.3) is 0 Å². The van der Waals surface area contributed by atoms with Crippen molar-refractivity contribution in [1.29, 1.82) is 0 Å². The summed E-state index contributed by atoms with van der Waals surface area (Å²) in [5.41, 5.74) is 1.46. The molecule has 0 saturated heterocycles. The normalized spacial score (nSPS) is 10.6. The Balaban J connectivity index is 2.76. The van der Waals surface area contributed by atoms with Gasteiger partial charge >= 0.3 is 0 Å². The molecule has 0 amide bonds. The SMILES string of the molecule is FCn1nnc2ccccc21. The molecule has 0 aliphatic rings. The van der Waals surface area contributed by atoms with Crippen LogP contribution in [-0.2, 0) is 6.80 Å². The zero-order chi connectivity index (χ0) is 7.68. The van der Waals surface area contributed by atoms with Crippen molar-refractivity contribution < 1.29 is 4.39 Å². The minimum absolute atomic E-state index is 0.624. The maximum absolute atomic E-state index is 12.1. The van der Waals surface area contributed by atoms with Crippen LogP contribution in [0.2, 0.25) is 0 Å². The van der Waals surface area contributed by atoms with Crippen LogP contribution in [-0.4, -0.2) is 15.0 Å². The number of para-hydroxylation sites is 1. The highest BCUT2D eigenvalue weighted by Crippen LogP contribution is 2.08. The van der Waals surface area contributed by atoms with Crippen LogP contribution >= 0.6 is 0 Å². The second kappa shape index (κ2) is 2.30. The molecule has 0 spiro atoms. The van der Waals surface area contributed by atoms with Crippen molar-refractivity contribution in [2.75, 3.05) is 0 Å². The fourth-order valence-corrected chi connectivity index (χ4v) is 1.01. The van der Waals surface area contributed by atoms with E-state index in [9.17, 15) is 4.39 Å². The van der Waals surface area contributed by atoms with E-state index < -0.39 is 6.80 Å². The number of alkyl halides is 1. The highest BCUT2D eigenvalue weighted by atomic mass is 19.1. The van der Waals surface area contributed by atoms with Crippen molar-refractivity contribution in [2.24, 2.45) is 0 Å². The Kier molecular flexibility index (Phi) is 1.31. The largest absolute Gasteiger partial charge is 0.225 e. The highest BCUT2D eigenvalue weighted by Gasteiger charge is 2.00. The smallest absolute Gasteiger partial charge is 0.183 e. The van der Waals surface area contributed by atoms with Crippen LogP contribution in [0.3, 0.4) is 0 Å². The van der Waals surface area contributed by atoms with Gasteiger partial charge in [-0.05, 0) is 12.1 Å². The molecule has 1 aromatic heterocycles. The first-order chi connectivity index (χ1) is 5.42. The Morgan fingerprint density at radius 3 is 3.00 bits per heavy atom. The van der Waals surface area contributed by atoms with E-state index in [0.717, 1.165) is 11.0 Å². The van der Waals surface area contributed by atoms with E-state index >= 15 is 0 Å². The van der Waals surface area contributed by atoms with Crippen LogP contribution in [0.25, 0.3) is 11.0 Å². The Morgan fingerprint density at radius 1 is 1.36 bits per heavy atom. The number of nitrogens with zero attached hydrogens (tertiary/aromatic N) is 3. The van der Waals surface area contributed by atoms with Crippen molar-refractivity contribution in [2.45, 2.75) is 6.80 Å². The number of fused-ring (bicyclic) bond motifs is 1. The second-order valence-corrected chi connectivity index (χ2v) is 2.20. The van der Waals surface area contributed by atoms with Gasteiger partial charge in [0.1, 0.15) is 5.52 Å². The summed E-state index contributed by atoms with van der Waals surface area (Å²) >= 11 is 0. The molecule has 0 saturated carbocycles. The van der Waals surface area contributed by atoms with Gasteiger partial charge in [-0.2, -0.15) is 0 Å². The van der Waals surface area contributed by atoms with Crippen LogP contribution in [0.1, 0.15) is 0 Å². The lowest BCUT2D eigenvalue weighted by Gasteiger charge is -1.90. The standard InChI is InChI=1S/C7H6FN3/c8-5-11-7-4-2-1-3-6(7)9-10-11/h1-4H,5H2. The molecule has 0 radical (unpaired) electrons. The second-order valence-electron chi connectivity index (χ2n) is 2.20. The van der Waals surface area contributed by atoms with Crippen molar-refractivity contribution in [3.63, 3.8) is 0 Å². The van der Waals surface area contributed by atoms with E-state index in [0.29, 0.717) is 0 Å². The van der Waals surface area contributed by atoms with E-state index in [-0.39, 0.29) is 0 Å². The van der Waals surface area contributed by atoms with Gasteiger partial charge in [-0.15, -0.1) is 5.10 Å². The lowest BCUT2D eigenvalue weighted by molar-refractivity contribution is 0.352. The van der Waals surface area contributed by atoms with E-state index in [1.807, 2.05) is 12.1 Å². The third kappa shape index (κ3) is 0.869. The third-order valence-corrected chi connectivity index (χ3v) is 1.53. The lowest BCUT2D eigenvalue weighted by atomic mass is 10.3. The van der Waals surface area contributed by atoms with Gasteiger partial charge in [0.15, 0.2) is 6.80 Å². The van der Waals surface area contributed by atoms with Gasteiger partial charge in [0.2, 0.25) is 0 Å². The van der Waals surface area contributed by atoms with Crippen molar-refractivity contribution in [1.82, 2.24) is 15.0 Å². The van der Waals surface area contributed by atoms with Gasteiger partial charge in [0, 0.05) is 0 Å². The summed E-state index contributed by atoms with van der Waals surface area (Å²) in [6.07, 6.45) is 0. The first-order valence-corrected chi connectivity index (χ1v) is 3.26. The minimum atomic E-state index is -0.624. The van der Waals surface area contributed by atoms with Crippen molar-refractivity contribution in [3.8, 4) is 0 Å². The van der Waals surface area contributed by atoms with E-state index in [1.54, 1.807) is 12.1 Å². The minimum Gasteiger partial charge on any atom is -0.225 e.